The molecule has 76 valence electrons. The summed E-state index contributed by atoms with van der Waals surface area (Å²) in [6.07, 6.45) is 4.63. The first kappa shape index (κ1) is 10.7. The normalized spacial score (nSPS) is 28.8. The summed E-state index contributed by atoms with van der Waals surface area (Å²) in [5, 5.41) is 8.74. The van der Waals surface area contributed by atoms with Crippen molar-refractivity contribution in [1.29, 1.82) is 0 Å². The van der Waals surface area contributed by atoms with E-state index < -0.39 is 0 Å². The van der Waals surface area contributed by atoms with E-state index in [1.165, 1.54) is 0 Å². The monoisotopic (exact) mass is 186 g/mol. The first-order valence-electron chi connectivity index (χ1n) is 4.98. The second-order valence-corrected chi connectivity index (χ2v) is 3.73. The molecule has 1 N–H and O–H groups in total. The summed E-state index contributed by atoms with van der Waals surface area (Å²) < 4.78 is 5.66. The van der Waals surface area contributed by atoms with Crippen molar-refractivity contribution in [1.82, 2.24) is 0 Å². The Morgan fingerprint density at radius 3 is 2.77 bits per heavy atom. The highest BCUT2D eigenvalue weighted by Crippen LogP contribution is 2.22. The SMILES string of the molecule is CC(=O)C[C@@H]1CCC[C@H](CCO)O1. The molecular weight excluding hydrogens is 168 g/mol. The van der Waals surface area contributed by atoms with Crippen molar-refractivity contribution in [3.63, 3.8) is 0 Å². The minimum atomic E-state index is 0.0998. The maximum atomic E-state index is 10.8. The summed E-state index contributed by atoms with van der Waals surface area (Å²) in [7, 11) is 0. The number of carbonyl (C=O) groups is 1. The van der Waals surface area contributed by atoms with E-state index in [0.717, 1.165) is 19.3 Å². The maximum absolute atomic E-state index is 10.8. The Morgan fingerprint density at radius 1 is 1.46 bits per heavy atom. The van der Waals surface area contributed by atoms with Crippen LogP contribution in [0.2, 0.25) is 0 Å². The van der Waals surface area contributed by atoms with Gasteiger partial charge in [0.1, 0.15) is 5.78 Å². The van der Waals surface area contributed by atoms with Crippen LogP contribution in [0.4, 0.5) is 0 Å². The lowest BCUT2D eigenvalue weighted by Crippen LogP contribution is -2.29. The molecule has 1 saturated heterocycles. The Bertz CT molecular complexity index is 166. The van der Waals surface area contributed by atoms with E-state index in [-0.39, 0.29) is 24.6 Å². The van der Waals surface area contributed by atoms with Crippen LogP contribution >= 0.6 is 0 Å². The molecule has 1 aliphatic rings. The lowest BCUT2D eigenvalue weighted by Gasteiger charge is -2.29. The van der Waals surface area contributed by atoms with Crippen molar-refractivity contribution in [3.8, 4) is 0 Å². The zero-order valence-corrected chi connectivity index (χ0v) is 8.16. The number of Topliss-reactive ketones (excluding diaryl/α,β-unsaturated/α-hetero) is 1. The predicted molar refractivity (Wildman–Crippen MR) is 49.5 cm³/mol. The van der Waals surface area contributed by atoms with Gasteiger partial charge >= 0.3 is 0 Å². The minimum Gasteiger partial charge on any atom is -0.396 e. The molecule has 0 aromatic carbocycles. The third-order valence-electron chi connectivity index (χ3n) is 2.40. The Hall–Kier alpha value is -0.410. The number of aliphatic hydroxyl groups excluding tert-OH is 1. The van der Waals surface area contributed by atoms with Crippen molar-refractivity contribution < 1.29 is 14.6 Å². The molecular formula is C10H18O3. The number of ether oxygens (including phenoxy) is 1. The Labute approximate surface area is 79.1 Å². The molecule has 0 bridgehead atoms. The molecule has 1 rings (SSSR count). The lowest BCUT2D eigenvalue weighted by atomic mass is 9.99. The quantitative estimate of drug-likeness (QED) is 0.719. The van der Waals surface area contributed by atoms with Crippen LogP contribution in [-0.2, 0) is 9.53 Å². The lowest BCUT2D eigenvalue weighted by molar-refractivity contribution is -0.123. The van der Waals surface area contributed by atoms with Gasteiger partial charge in [-0.25, -0.2) is 0 Å². The van der Waals surface area contributed by atoms with Gasteiger partial charge in [0, 0.05) is 13.0 Å². The number of rotatable bonds is 4. The molecule has 1 aliphatic heterocycles. The Kier molecular flexibility index (Phi) is 4.39. The van der Waals surface area contributed by atoms with Crippen molar-refractivity contribution in [3.05, 3.63) is 0 Å². The fourth-order valence-corrected chi connectivity index (χ4v) is 1.81. The van der Waals surface area contributed by atoms with Crippen LogP contribution in [0.1, 0.15) is 39.0 Å². The second kappa shape index (κ2) is 5.35. The fraction of sp³-hybridized carbons (Fsp3) is 0.900. The molecule has 3 heteroatoms. The Morgan fingerprint density at radius 2 is 2.15 bits per heavy atom. The van der Waals surface area contributed by atoms with Gasteiger partial charge in [0.25, 0.3) is 0 Å². The van der Waals surface area contributed by atoms with E-state index in [4.69, 9.17) is 9.84 Å². The summed E-state index contributed by atoms with van der Waals surface area (Å²) in [5.74, 6) is 0.189. The van der Waals surface area contributed by atoms with Crippen LogP contribution in [0.3, 0.4) is 0 Å². The molecule has 0 amide bonds. The van der Waals surface area contributed by atoms with Crippen molar-refractivity contribution in [2.75, 3.05) is 6.61 Å². The molecule has 0 unspecified atom stereocenters. The third kappa shape index (κ3) is 3.87. The van der Waals surface area contributed by atoms with Crippen LogP contribution in [0.5, 0.6) is 0 Å². The molecule has 0 saturated carbocycles. The number of hydrogen-bond acceptors (Lipinski definition) is 3. The zero-order valence-electron chi connectivity index (χ0n) is 8.16. The van der Waals surface area contributed by atoms with Gasteiger partial charge in [-0.1, -0.05) is 0 Å². The number of ketones is 1. The summed E-state index contributed by atoms with van der Waals surface area (Å²) >= 11 is 0. The molecule has 0 aliphatic carbocycles. The standard InChI is InChI=1S/C10H18O3/c1-8(12)7-10-4-2-3-9(13-10)5-6-11/h9-11H,2-7H2,1H3/t9-,10+/m1/s1. The van der Waals surface area contributed by atoms with Gasteiger partial charge in [-0.3, -0.25) is 4.79 Å². The maximum Gasteiger partial charge on any atom is 0.132 e. The second-order valence-electron chi connectivity index (χ2n) is 3.73. The summed E-state index contributed by atoms with van der Waals surface area (Å²) in [4.78, 5) is 10.8. The Balaban J connectivity index is 2.28. The summed E-state index contributed by atoms with van der Waals surface area (Å²) in [6, 6.07) is 0. The average Bonchev–Trinajstić information content (AvgIpc) is 2.04. The van der Waals surface area contributed by atoms with Gasteiger partial charge in [0.05, 0.1) is 12.2 Å². The largest absolute Gasteiger partial charge is 0.396 e. The van der Waals surface area contributed by atoms with Crippen molar-refractivity contribution in [2.45, 2.75) is 51.2 Å². The predicted octanol–water partition coefficient (Wildman–Crippen LogP) is 1.29. The summed E-state index contributed by atoms with van der Waals surface area (Å²) in [6.45, 7) is 1.77. The highest BCUT2D eigenvalue weighted by molar-refractivity contribution is 5.75. The van der Waals surface area contributed by atoms with E-state index in [2.05, 4.69) is 0 Å². The molecule has 13 heavy (non-hydrogen) atoms. The van der Waals surface area contributed by atoms with Crippen LogP contribution in [0, 0.1) is 0 Å². The van der Waals surface area contributed by atoms with Gasteiger partial charge in [-0.2, -0.15) is 0 Å². The van der Waals surface area contributed by atoms with Crippen molar-refractivity contribution >= 4 is 5.78 Å². The highest BCUT2D eigenvalue weighted by Gasteiger charge is 2.22. The molecule has 0 spiro atoms. The molecule has 0 aromatic heterocycles. The van der Waals surface area contributed by atoms with Crippen LogP contribution < -0.4 is 0 Å². The van der Waals surface area contributed by atoms with Gasteiger partial charge in [-0.15, -0.1) is 0 Å². The molecule has 0 aromatic rings. The topological polar surface area (TPSA) is 46.5 Å². The molecule has 0 radical (unpaired) electrons. The van der Waals surface area contributed by atoms with Crippen molar-refractivity contribution in [2.24, 2.45) is 0 Å². The van der Waals surface area contributed by atoms with E-state index in [1.54, 1.807) is 6.92 Å². The van der Waals surface area contributed by atoms with Crippen LogP contribution in [-0.4, -0.2) is 29.7 Å². The van der Waals surface area contributed by atoms with E-state index in [9.17, 15) is 4.79 Å². The number of aliphatic hydroxyl groups is 1. The summed E-state index contributed by atoms with van der Waals surface area (Å²) in [5.41, 5.74) is 0. The third-order valence-corrected chi connectivity index (χ3v) is 2.40. The highest BCUT2D eigenvalue weighted by atomic mass is 16.5. The van der Waals surface area contributed by atoms with E-state index in [0.29, 0.717) is 12.8 Å². The van der Waals surface area contributed by atoms with E-state index >= 15 is 0 Å². The zero-order chi connectivity index (χ0) is 9.68. The van der Waals surface area contributed by atoms with Crippen LogP contribution in [0.25, 0.3) is 0 Å². The molecule has 2 atom stereocenters. The number of hydrogen-bond donors (Lipinski definition) is 1. The first-order chi connectivity index (χ1) is 6.22. The van der Waals surface area contributed by atoms with Gasteiger partial charge in [0.15, 0.2) is 0 Å². The van der Waals surface area contributed by atoms with Gasteiger partial charge < -0.3 is 9.84 Å². The minimum absolute atomic E-state index is 0.0998. The molecule has 1 heterocycles. The average molecular weight is 186 g/mol. The van der Waals surface area contributed by atoms with Gasteiger partial charge in [0.2, 0.25) is 0 Å². The van der Waals surface area contributed by atoms with Gasteiger partial charge in [-0.05, 0) is 32.6 Å². The first-order valence-corrected chi connectivity index (χ1v) is 4.98. The smallest absolute Gasteiger partial charge is 0.132 e. The van der Waals surface area contributed by atoms with Crippen LogP contribution in [0.15, 0.2) is 0 Å². The molecule has 3 nitrogen and oxygen atoms in total. The molecule has 1 fully saturated rings. The van der Waals surface area contributed by atoms with E-state index in [1.807, 2.05) is 0 Å². The number of carbonyl (C=O) groups excluding carboxylic acids is 1. The fourth-order valence-electron chi connectivity index (χ4n) is 1.81.